The van der Waals surface area contributed by atoms with Crippen LogP contribution in [0.4, 0.5) is 10.5 Å². The Morgan fingerprint density at radius 1 is 1.16 bits per heavy atom. The van der Waals surface area contributed by atoms with Crippen LogP contribution >= 0.6 is 12.4 Å². The van der Waals surface area contributed by atoms with E-state index in [1.807, 2.05) is 42.5 Å². The number of aromatic amines is 1. The minimum absolute atomic E-state index is 0. The highest BCUT2D eigenvalue weighted by molar-refractivity contribution is 5.85. The molecule has 1 heterocycles. The number of hydrogen-bond acceptors (Lipinski definition) is 3. The highest BCUT2D eigenvalue weighted by Gasteiger charge is 2.12. The summed E-state index contributed by atoms with van der Waals surface area (Å²) in [6, 6.07) is 16.9. The molecule has 5 N–H and O–H groups in total. The number of benzene rings is 2. The third-order valence-corrected chi connectivity index (χ3v) is 3.69. The topological polar surface area (TPSA) is 104 Å². The van der Waals surface area contributed by atoms with Gasteiger partial charge in [-0.15, -0.1) is 12.4 Å². The van der Waals surface area contributed by atoms with E-state index in [2.05, 4.69) is 15.3 Å². The fraction of sp³-hybridized carbons (Fsp3) is 0.111. The van der Waals surface area contributed by atoms with Gasteiger partial charge in [0.15, 0.2) is 0 Å². The van der Waals surface area contributed by atoms with Gasteiger partial charge in [0.2, 0.25) is 0 Å². The second-order valence-corrected chi connectivity index (χ2v) is 5.49. The van der Waals surface area contributed by atoms with Gasteiger partial charge in [0.1, 0.15) is 5.82 Å². The lowest BCUT2D eigenvalue weighted by molar-refractivity contribution is 0.210. The molecule has 1 unspecified atom stereocenters. The zero-order valence-electron chi connectivity index (χ0n) is 13.3. The molecule has 25 heavy (non-hydrogen) atoms. The van der Waals surface area contributed by atoms with Crippen molar-refractivity contribution in [2.45, 2.75) is 12.5 Å². The molecule has 130 valence electrons. The molecule has 6 nitrogen and oxygen atoms in total. The van der Waals surface area contributed by atoms with Crippen LogP contribution in [0.3, 0.4) is 0 Å². The molecular weight excluding hydrogens is 340 g/mol. The molecule has 0 saturated carbocycles. The SMILES string of the molecule is Cl.NC(Cc1ccccc1)c1ncc(-c2ccc(NC(=O)O)cc2)[nH]1. The molecule has 0 aliphatic carbocycles. The summed E-state index contributed by atoms with van der Waals surface area (Å²) in [5.74, 6) is 0.724. The second kappa shape index (κ2) is 8.32. The number of carboxylic acid groups (broad SMARTS) is 1. The van der Waals surface area contributed by atoms with Gasteiger partial charge in [-0.1, -0.05) is 42.5 Å². The van der Waals surface area contributed by atoms with Crippen molar-refractivity contribution in [3.8, 4) is 11.3 Å². The predicted molar refractivity (Wildman–Crippen MR) is 100.0 cm³/mol. The van der Waals surface area contributed by atoms with Crippen molar-refractivity contribution in [2.24, 2.45) is 5.73 Å². The summed E-state index contributed by atoms with van der Waals surface area (Å²) in [6.07, 6.45) is 1.35. The van der Waals surface area contributed by atoms with Crippen LogP contribution in [-0.4, -0.2) is 21.2 Å². The van der Waals surface area contributed by atoms with Crippen LogP contribution in [0, 0.1) is 0 Å². The first-order valence-electron chi connectivity index (χ1n) is 7.56. The van der Waals surface area contributed by atoms with Gasteiger partial charge < -0.3 is 15.8 Å². The summed E-state index contributed by atoms with van der Waals surface area (Å²) in [4.78, 5) is 18.2. The standard InChI is InChI=1S/C18H18N4O2.ClH/c19-15(10-12-4-2-1-3-5-12)17-20-11-16(22-17)13-6-8-14(9-7-13)21-18(23)24;/h1-9,11,15,21H,10,19H2,(H,20,22)(H,23,24);1H. The lowest BCUT2D eigenvalue weighted by Gasteiger charge is -2.08. The van der Waals surface area contributed by atoms with E-state index in [1.165, 1.54) is 0 Å². The number of carbonyl (C=O) groups is 1. The van der Waals surface area contributed by atoms with Crippen molar-refractivity contribution in [3.63, 3.8) is 0 Å². The quantitative estimate of drug-likeness (QED) is 0.556. The average Bonchev–Trinajstić information content (AvgIpc) is 3.06. The van der Waals surface area contributed by atoms with Gasteiger partial charge in [0.05, 0.1) is 17.9 Å². The Labute approximate surface area is 151 Å². The van der Waals surface area contributed by atoms with Gasteiger partial charge in [-0.2, -0.15) is 0 Å². The first kappa shape index (κ1) is 18.5. The van der Waals surface area contributed by atoms with E-state index in [0.717, 1.165) is 22.6 Å². The minimum atomic E-state index is -1.08. The fourth-order valence-corrected chi connectivity index (χ4v) is 2.49. The van der Waals surface area contributed by atoms with Gasteiger partial charge in [-0.25, -0.2) is 9.78 Å². The Balaban J connectivity index is 0.00000225. The molecular formula is C18H19ClN4O2. The van der Waals surface area contributed by atoms with E-state index in [4.69, 9.17) is 10.8 Å². The molecule has 1 atom stereocenters. The van der Waals surface area contributed by atoms with Crippen molar-refractivity contribution in [1.29, 1.82) is 0 Å². The molecule has 0 fully saturated rings. The van der Waals surface area contributed by atoms with Crippen LogP contribution in [-0.2, 0) is 6.42 Å². The number of nitrogens with two attached hydrogens (primary N) is 1. The van der Waals surface area contributed by atoms with Crippen molar-refractivity contribution in [2.75, 3.05) is 5.32 Å². The van der Waals surface area contributed by atoms with Crippen LogP contribution in [0.15, 0.2) is 60.8 Å². The van der Waals surface area contributed by atoms with Crippen LogP contribution in [0.1, 0.15) is 17.4 Å². The molecule has 7 heteroatoms. The molecule has 1 amide bonds. The molecule has 3 aromatic rings. The zero-order chi connectivity index (χ0) is 16.9. The predicted octanol–water partition coefficient (Wildman–Crippen LogP) is 3.83. The van der Waals surface area contributed by atoms with E-state index in [0.29, 0.717) is 12.1 Å². The molecule has 0 saturated heterocycles. The van der Waals surface area contributed by atoms with Crippen molar-refractivity contribution in [1.82, 2.24) is 9.97 Å². The van der Waals surface area contributed by atoms with E-state index in [1.54, 1.807) is 18.3 Å². The molecule has 3 rings (SSSR count). The monoisotopic (exact) mass is 358 g/mol. The Morgan fingerprint density at radius 3 is 2.48 bits per heavy atom. The minimum Gasteiger partial charge on any atom is -0.465 e. The Hall–Kier alpha value is -2.83. The summed E-state index contributed by atoms with van der Waals surface area (Å²) in [5, 5.41) is 11.0. The smallest absolute Gasteiger partial charge is 0.409 e. The van der Waals surface area contributed by atoms with Crippen LogP contribution in [0.5, 0.6) is 0 Å². The number of H-pyrrole nitrogens is 1. The van der Waals surface area contributed by atoms with Crippen molar-refractivity contribution < 1.29 is 9.90 Å². The molecule has 2 aromatic carbocycles. The maximum absolute atomic E-state index is 10.6. The number of halogens is 1. The van der Waals surface area contributed by atoms with E-state index < -0.39 is 6.09 Å². The third kappa shape index (κ3) is 4.82. The van der Waals surface area contributed by atoms with Crippen LogP contribution < -0.4 is 11.1 Å². The normalized spacial score (nSPS) is 11.4. The molecule has 0 bridgehead atoms. The largest absolute Gasteiger partial charge is 0.465 e. The molecule has 0 aliphatic heterocycles. The fourth-order valence-electron chi connectivity index (χ4n) is 2.49. The average molecular weight is 359 g/mol. The number of rotatable bonds is 5. The van der Waals surface area contributed by atoms with Gasteiger partial charge in [0, 0.05) is 5.69 Å². The molecule has 0 radical (unpaired) electrons. The van der Waals surface area contributed by atoms with E-state index >= 15 is 0 Å². The summed E-state index contributed by atoms with van der Waals surface area (Å²) in [6.45, 7) is 0. The Kier molecular flexibility index (Phi) is 6.16. The zero-order valence-corrected chi connectivity index (χ0v) is 14.2. The first-order valence-corrected chi connectivity index (χ1v) is 7.56. The lowest BCUT2D eigenvalue weighted by Crippen LogP contribution is -2.14. The lowest BCUT2D eigenvalue weighted by atomic mass is 10.1. The summed E-state index contributed by atoms with van der Waals surface area (Å²) in [7, 11) is 0. The number of nitrogens with zero attached hydrogens (tertiary/aromatic N) is 1. The number of amides is 1. The number of imidazole rings is 1. The summed E-state index contributed by atoms with van der Waals surface area (Å²) >= 11 is 0. The third-order valence-electron chi connectivity index (χ3n) is 3.69. The number of aromatic nitrogens is 2. The van der Waals surface area contributed by atoms with E-state index in [9.17, 15) is 4.79 Å². The number of nitrogens with one attached hydrogen (secondary N) is 2. The highest BCUT2D eigenvalue weighted by atomic mass is 35.5. The Bertz CT molecular complexity index is 819. The summed E-state index contributed by atoms with van der Waals surface area (Å²) in [5.41, 5.74) is 9.66. The second-order valence-electron chi connectivity index (χ2n) is 5.49. The molecule has 0 spiro atoms. The van der Waals surface area contributed by atoms with E-state index in [-0.39, 0.29) is 18.4 Å². The van der Waals surface area contributed by atoms with Gasteiger partial charge in [-0.3, -0.25) is 5.32 Å². The number of hydrogen-bond donors (Lipinski definition) is 4. The van der Waals surface area contributed by atoms with Crippen molar-refractivity contribution >= 4 is 24.2 Å². The first-order chi connectivity index (χ1) is 11.6. The van der Waals surface area contributed by atoms with Gasteiger partial charge in [-0.05, 0) is 29.7 Å². The van der Waals surface area contributed by atoms with Gasteiger partial charge >= 0.3 is 6.09 Å². The maximum Gasteiger partial charge on any atom is 0.409 e. The maximum atomic E-state index is 10.6. The Morgan fingerprint density at radius 2 is 1.84 bits per heavy atom. The molecule has 1 aromatic heterocycles. The van der Waals surface area contributed by atoms with Crippen LogP contribution in [0.25, 0.3) is 11.3 Å². The summed E-state index contributed by atoms with van der Waals surface area (Å²) < 4.78 is 0. The van der Waals surface area contributed by atoms with Crippen molar-refractivity contribution in [3.05, 3.63) is 72.2 Å². The van der Waals surface area contributed by atoms with Gasteiger partial charge in [0.25, 0.3) is 0 Å². The highest BCUT2D eigenvalue weighted by Crippen LogP contribution is 2.22. The number of anilines is 1. The van der Waals surface area contributed by atoms with Crippen LogP contribution in [0.2, 0.25) is 0 Å². The molecule has 0 aliphatic rings.